The topological polar surface area (TPSA) is 78.9 Å². The summed E-state index contributed by atoms with van der Waals surface area (Å²) in [7, 11) is 1.74. The van der Waals surface area contributed by atoms with Crippen molar-refractivity contribution in [3.05, 3.63) is 0 Å². The maximum absolute atomic E-state index is 11.7. The van der Waals surface area contributed by atoms with Gasteiger partial charge in [-0.2, -0.15) is 0 Å². The highest BCUT2D eigenvalue weighted by Gasteiger charge is 2.21. The molecule has 0 heterocycles. The fourth-order valence-corrected chi connectivity index (χ4v) is 2.60. The van der Waals surface area contributed by atoms with E-state index in [2.05, 4.69) is 12.2 Å². The summed E-state index contributed by atoms with van der Waals surface area (Å²) in [6, 6.07) is 0. The van der Waals surface area contributed by atoms with E-state index in [1.807, 2.05) is 0 Å². The lowest BCUT2D eigenvalue weighted by atomic mass is 9.88. The maximum atomic E-state index is 11.7. The van der Waals surface area contributed by atoms with Crippen LogP contribution in [0, 0.1) is 5.92 Å². The van der Waals surface area contributed by atoms with Crippen LogP contribution in [0.15, 0.2) is 0 Å². The predicted molar refractivity (Wildman–Crippen MR) is 80.1 cm³/mol. The molecule has 1 aliphatic carbocycles. The van der Waals surface area contributed by atoms with Crippen LogP contribution in [0.4, 0.5) is 0 Å². The molecule has 1 aliphatic rings. The van der Waals surface area contributed by atoms with Gasteiger partial charge in [0.25, 0.3) is 0 Å². The lowest BCUT2D eigenvalue weighted by Crippen LogP contribution is -2.38. The van der Waals surface area contributed by atoms with Crippen LogP contribution in [-0.2, 0) is 14.3 Å². The minimum Gasteiger partial charge on any atom is -0.481 e. The third-order valence-electron chi connectivity index (χ3n) is 3.91. The van der Waals surface area contributed by atoms with E-state index in [4.69, 9.17) is 9.84 Å². The summed E-state index contributed by atoms with van der Waals surface area (Å²) in [4.78, 5) is 23.8. The molecule has 0 aromatic heterocycles. The minimum absolute atomic E-state index is 0.0481. The average Bonchev–Trinajstić information content (AvgIpc) is 2.43. The van der Waals surface area contributed by atoms with Gasteiger partial charge in [-0.3, -0.25) is 14.5 Å². The van der Waals surface area contributed by atoms with Gasteiger partial charge in [0, 0.05) is 13.1 Å². The van der Waals surface area contributed by atoms with Gasteiger partial charge in [-0.1, -0.05) is 19.8 Å². The van der Waals surface area contributed by atoms with Crippen molar-refractivity contribution in [1.29, 1.82) is 0 Å². The number of amides is 1. The Labute approximate surface area is 126 Å². The number of carboxylic acid groups (broad SMARTS) is 1. The first-order chi connectivity index (χ1) is 9.99. The van der Waals surface area contributed by atoms with E-state index in [0.717, 1.165) is 6.42 Å². The molecule has 2 N–H and O–H groups in total. The van der Waals surface area contributed by atoms with Crippen LogP contribution in [0.25, 0.3) is 0 Å². The quantitative estimate of drug-likeness (QED) is 0.624. The lowest BCUT2D eigenvalue weighted by Gasteiger charge is -2.28. The Hall–Kier alpha value is -1.14. The number of carbonyl (C=O) groups is 2. The second kappa shape index (κ2) is 9.73. The molecular formula is C15H28N2O4. The first-order valence-corrected chi connectivity index (χ1v) is 7.77. The monoisotopic (exact) mass is 300 g/mol. The van der Waals surface area contributed by atoms with Crippen molar-refractivity contribution < 1.29 is 19.4 Å². The normalized spacial score (nSPS) is 22.2. The smallest absolute Gasteiger partial charge is 0.304 e. The Morgan fingerprint density at radius 2 is 2.05 bits per heavy atom. The van der Waals surface area contributed by atoms with Crippen LogP contribution >= 0.6 is 0 Å². The third kappa shape index (κ3) is 8.02. The molecule has 0 saturated heterocycles. The molecule has 0 aromatic carbocycles. The fraction of sp³-hybridized carbons (Fsp3) is 0.867. The van der Waals surface area contributed by atoms with Gasteiger partial charge >= 0.3 is 5.97 Å². The second-order valence-corrected chi connectivity index (χ2v) is 5.90. The summed E-state index contributed by atoms with van der Waals surface area (Å²) in [5, 5.41) is 11.4. The van der Waals surface area contributed by atoms with Crippen molar-refractivity contribution in [3.8, 4) is 0 Å². The van der Waals surface area contributed by atoms with Gasteiger partial charge in [0.15, 0.2) is 0 Å². The molecule has 2 unspecified atom stereocenters. The van der Waals surface area contributed by atoms with Crippen LogP contribution in [-0.4, -0.2) is 61.3 Å². The van der Waals surface area contributed by atoms with Gasteiger partial charge in [-0.05, 0) is 25.8 Å². The maximum Gasteiger partial charge on any atom is 0.304 e. The van der Waals surface area contributed by atoms with Crippen molar-refractivity contribution in [3.63, 3.8) is 0 Å². The first kappa shape index (κ1) is 17.9. The van der Waals surface area contributed by atoms with E-state index in [0.29, 0.717) is 31.7 Å². The van der Waals surface area contributed by atoms with E-state index in [9.17, 15) is 9.59 Å². The molecule has 6 nitrogen and oxygen atoms in total. The van der Waals surface area contributed by atoms with Crippen LogP contribution in [0.2, 0.25) is 0 Å². The molecule has 0 bridgehead atoms. The van der Waals surface area contributed by atoms with Gasteiger partial charge in [0.2, 0.25) is 5.91 Å². The molecule has 0 aliphatic heterocycles. The van der Waals surface area contributed by atoms with Gasteiger partial charge in [0.1, 0.15) is 0 Å². The van der Waals surface area contributed by atoms with Gasteiger partial charge in [-0.25, -0.2) is 0 Å². The SMILES string of the molecule is CC1CCCCC1OCCNC(=O)CN(C)CCC(=O)O. The molecular weight excluding hydrogens is 272 g/mol. The van der Waals surface area contributed by atoms with Crippen LogP contribution in [0.1, 0.15) is 39.0 Å². The van der Waals surface area contributed by atoms with Gasteiger partial charge in [0.05, 0.1) is 25.7 Å². The molecule has 1 saturated carbocycles. The summed E-state index contributed by atoms with van der Waals surface area (Å²) in [6.45, 7) is 3.86. The number of carboxylic acids is 1. The average molecular weight is 300 g/mol. The molecule has 0 aromatic rings. The van der Waals surface area contributed by atoms with E-state index in [-0.39, 0.29) is 18.9 Å². The largest absolute Gasteiger partial charge is 0.481 e. The summed E-state index contributed by atoms with van der Waals surface area (Å²) < 4.78 is 5.82. The molecule has 0 spiro atoms. The summed E-state index contributed by atoms with van der Waals surface area (Å²) in [5.74, 6) is -0.336. The van der Waals surface area contributed by atoms with Crippen molar-refractivity contribution in [2.24, 2.45) is 5.92 Å². The molecule has 1 fully saturated rings. The highest BCUT2D eigenvalue weighted by molar-refractivity contribution is 5.78. The highest BCUT2D eigenvalue weighted by Crippen LogP contribution is 2.25. The summed E-state index contributed by atoms with van der Waals surface area (Å²) in [5.41, 5.74) is 0. The van der Waals surface area contributed by atoms with Gasteiger partial charge < -0.3 is 15.2 Å². The van der Waals surface area contributed by atoms with E-state index < -0.39 is 5.97 Å². The number of hydrogen-bond acceptors (Lipinski definition) is 4. The molecule has 1 rings (SSSR count). The number of likely N-dealkylation sites (N-methyl/N-ethyl adjacent to an activating group) is 1. The molecule has 21 heavy (non-hydrogen) atoms. The Balaban J connectivity index is 2.06. The Morgan fingerprint density at radius 3 is 2.71 bits per heavy atom. The predicted octanol–water partition coefficient (Wildman–Crippen LogP) is 1.10. The van der Waals surface area contributed by atoms with Crippen LogP contribution in [0.5, 0.6) is 0 Å². The van der Waals surface area contributed by atoms with Crippen molar-refractivity contribution in [1.82, 2.24) is 10.2 Å². The third-order valence-corrected chi connectivity index (χ3v) is 3.91. The number of nitrogens with one attached hydrogen (secondary N) is 1. The molecule has 122 valence electrons. The van der Waals surface area contributed by atoms with E-state index in [1.165, 1.54) is 19.3 Å². The number of nitrogens with zero attached hydrogens (tertiary/aromatic N) is 1. The zero-order chi connectivity index (χ0) is 15.7. The van der Waals surface area contributed by atoms with Gasteiger partial charge in [-0.15, -0.1) is 0 Å². The number of rotatable bonds is 9. The second-order valence-electron chi connectivity index (χ2n) is 5.90. The zero-order valence-corrected chi connectivity index (χ0v) is 13.1. The molecule has 1 amide bonds. The standard InChI is InChI=1S/C15H28N2O4/c1-12-5-3-4-6-13(12)21-10-8-16-14(18)11-17(2)9-7-15(19)20/h12-13H,3-11H2,1-2H3,(H,16,18)(H,19,20). The zero-order valence-electron chi connectivity index (χ0n) is 13.1. The highest BCUT2D eigenvalue weighted by atomic mass is 16.5. The number of aliphatic carboxylic acids is 1. The van der Waals surface area contributed by atoms with E-state index in [1.54, 1.807) is 11.9 Å². The summed E-state index contributed by atoms with van der Waals surface area (Å²) in [6.07, 6.45) is 5.25. The molecule has 6 heteroatoms. The minimum atomic E-state index is -0.850. The van der Waals surface area contributed by atoms with Crippen LogP contribution < -0.4 is 5.32 Å². The van der Waals surface area contributed by atoms with Crippen molar-refractivity contribution in [2.45, 2.75) is 45.1 Å². The molecule has 2 atom stereocenters. The Kier molecular flexibility index (Phi) is 8.30. The molecule has 0 radical (unpaired) electrons. The summed E-state index contributed by atoms with van der Waals surface area (Å²) >= 11 is 0. The van der Waals surface area contributed by atoms with Crippen molar-refractivity contribution in [2.75, 3.05) is 33.3 Å². The Bertz CT molecular complexity index is 336. The van der Waals surface area contributed by atoms with E-state index >= 15 is 0 Å². The number of carbonyl (C=O) groups excluding carboxylic acids is 1. The lowest BCUT2D eigenvalue weighted by molar-refractivity contribution is -0.137. The first-order valence-electron chi connectivity index (χ1n) is 7.77. The number of ether oxygens (including phenoxy) is 1. The number of hydrogen-bond donors (Lipinski definition) is 2. The Morgan fingerprint density at radius 1 is 1.33 bits per heavy atom. The van der Waals surface area contributed by atoms with Crippen molar-refractivity contribution >= 4 is 11.9 Å². The van der Waals surface area contributed by atoms with Crippen LogP contribution in [0.3, 0.4) is 0 Å². The fourth-order valence-electron chi connectivity index (χ4n) is 2.60.